The van der Waals surface area contributed by atoms with Crippen molar-refractivity contribution in [2.45, 2.75) is 116 Å². The fourth-order valence-corrected chi connectivity index (χ4v) is 6.82. The number of hydrogen-bond donors (Lipinski definition) is 0. The number of ether oxygens (including phenoxy) is 1. The molecule has 0 spiro atoms. The Bertz CT molecular complexity index is 1090. The van der Waals surface area contributed by atoms with E-state index >= 15 is 0 Å². The lowest BCUT2D eigenvalue weighted by molar-refractivity contribution is -0.340. The molecule has 2 aliphatic rings. The number of carbonyl (C=O) groups excluding carboxylic acids is 1. The Balaban J connectivity index is 1.77. The van der Waals surface area contributed by atoms with Crippen LogP contribution in [0.1, 0.15) is 98.7 Å². The van der Waals surface area contributed by atoms with Gasteiger partial charge >= 0.3 is 5.97 Å². The average molecular weight is 535 g/mol. The maximum Gasteiger partial charge on any atom is 0.311 e. The number of hydroxylamine groups is 2. The van der Waals surface area contributed by atoms with Crippen molar-refractivity contribution >= 4 is 5.97 Å². The quantitative estimate of drug-likeness (QED) is 0.343. The van der Waals surface area contributed by atoms with Crippen LogP contribution in [-0.2, 0) is 20.9 Å². The second-order valence-corrected chi connectivity index (χ2v) is 14.4. The smallest absolute Gasteiger partial charge is 0.311 e. The molecule has 0 bridgehead atoms. The molecular weight excluding hydrogens is 484 g/mol. The van der Waals surface area contributed by atoms with Crippen LogP contribution in [0.3, 0.4) is 0 Å². The van der Waals surface area contributed by atoms with Gasteiger partial charge in [-0.15, -0.1) is 0 Å². The predicted octanol–water partition coefficient (Wildman–Crippen LogP) is 7.57. The Morgan fingerprint density at radius 3 is 1.95 bits per heavy atom. The highest BCUT2D eigenvalue weighted by Gasteiger charge is 2.56. The van der Waals surface area contributed by atoms with E-state index in [1.807, 2.05) is 32.9 Å². The molecule has 39 heavy (non-hydrogen) atoms. The molecule has 0 unspecified atom stereocenters. The number of carbonyl (C=O) groups is 1. The molecule has 0 aliphatic carbocycles. The van der Waals surface area contributed by atoms with Crippen LogP contribution in [0.25, 0.3) is 0 Å². The summed E-state index contributed by atoms with van der Waals surface area (Å²) >= 11 is 0. The monoisotopic (exact) mass is 534 g/mol. The summed E-state index contributed by atoms with van der Waals surface area (Å²) in [5.41, 5.74) is 1.01. The Hall–Kier alpha value is -2.21. The third-order valence-corrected chi connectivity index (χ3v) is 8.54. The van der Waals surface area contributed by atoms with Crippen molar-refractivity contribution in [3.8, 4) is 0 Å². The molecule has 3 atom stereocenters. The SMILES string of the molecule is CC(C)(C)OC(=O)[C@@H]1[C@H](C(C)(C)ON2C(C)(C)CCCC2(C)C)CN(Cc2ccccc2)[C@H]1c1ccccc1. The molecule has 0 aromatic heterocycles. The minimum Gasteiger partial charge on any atom is -0.460 e. The summed E-state index contributed by atoms with van der Waals surface area (Å²) in [4.78, 5) is 23.7. The lowest BCUT2D eigenvalue weighted by atomic mass is 9.77. The zero-order chi connectivity index (χ0) is 28.6. The molecule has 214 valence electrons. The van der Waals surface area contributed by atoms with Gasteiger partial charge < -0.3 is 4.74 Å². The molecule has 5 nitrogen and oxygen atoms in total. The lowest BCUT2D eigenvalue weighted by Gasteiger charge is -2.54. The summed E-state index contributed by atoms with van der Waals surface area (Å²) in [5, 5.41) is 2.24. The van der Waals surface area contributed by atoms with Gasteiger partial charge in [0.25, 0.3) is 0 Å². The van der Waals surface area contributed by atoms with Crippen LogP contribution in [0.5, 0.6) is 0 Å². The number of nitrogens with zero attached hydrogens (tertiary/aromatic N) is 2. The molecule has 2 saturated heterocycles. The Kier molecular flexibility index (Phi) is 8.39. The van der Waals surface area contributed by atoms with Crippen LogP contribution in [0.4, 0.5) is 0 Å². The maximum atomic E-state index is 14.1. The molecule has 2 aromatic rings. The van der Waals surface area contributed by atoms with Crippen molar-refractivity contribution in [2.24, 2.45) is 11.8 Å². The third-order valence-electron chi connectivity index (χ3n) is 8.54. The van der Waals surface area contributed by atoms with E-state index in [0.29, 0.717) is 0 Å². The van der Waals surface area contributed by atoms with Gasteiger partial charge in [0.2, 0.25) is 0 Å². The fraction of sp³-hybridized carbons (Fsp3) is 0.618. The Labute approximate surface area is 236 Å². The van der Waals surface area contributed by atoms with Gasteiger partial charge in [-0.05, 0) is 92.7 Å². The number of esters is 1. The number of benzene rings is 2. The molecule has 0 N–H and O–H groups in total. The topological polar surface area (TPSA) is 42.0 Å². The summed E-state index contributed by atoms with van der Waals surface area (Å²) in [6, 6.07) is 20.9. The van der Waals surface area contributed by atoms with Gasteiger partial charge in [-0.2, -0.15) is 5.06 Å². The molecule has 2 heterocycles. The average Bonchev–Trinajstić information content (AvgIpc) is 3.22. The van der Waals surface area contributed by atoms with Gasteiger partial charge in [0.1, 0.15) is 5.60 Å². The van der Waals surface area contributed by atoms with E-state index in [1.54, 1.807) is 0 Å². The van der Waals surface area contributed by atoms with Crippen molar-refractivity contribution in [3.63, 3.8) is 0 Å². The highest BCUT2D eigenvalue weighted by Crippen LogP contribution is 2.50. The number of piperidine rings is 1. The van der Waals surface area contributed by atoms with Crippen molar-refractivity contribution in [2.75, 3.05) is 6.54 Å². The first kappa shape index (κ1) is 29.8. The first-order valence-electron chi connectivity index (χ1n) is 14.7. The highest BCUT2D eigenvalue weighted by molar-refractivity contribution is 5.75. The number of rotatable bonds is 7. The van der Waals surface area contributed by atoms with Crippen LogP contribution in [0, 0.1) is 11.8 Å². The first-order valence-corrected chi connectivity index (χ1v) is 14.7. The number of likely N-dealkylation sites (tertiary alicyclic amines) is 1. The summed E-state index contributed by atoms with van der Waals surface area (Å²) in [5.74, 6) is -0.595. The van der Waals surface area contributed by atoms with E-state index in [0.717, 1.165) is 31.5 Å². The molecule has 0 radical (unpaired) electrons. The largest absolute Gasteiger partial charge is 0.460 e. The van der Waals surface area contributed by atoms with Gasteiger partial charge in [0.15, 0.2) is 0 Å². The maximum absolute atomic E-state index is 14.1. The van der Waals surface area contributed by atoms with Crippen LogP contribution in [0.15, 0.2) is 60.7 Å². The highest BCUT2D eigenvalue weighted by atomic mass is 16.7. The van der Waals surface area contributed by atoms with Gasteiger partial charge in [-0.3, -0.25) is 14.5 Å². The predicted molar refractivity (Wildman–Crippen MR) is 158 cm³/mol. The number of hydrogen-bond acceptors (Lipinski definition) is 5. The Morgan fingerprint density at radius 1 is 0.872 bits per heavy atom. The lowest BCUT2D eigenvalue weighted by Crippen LogP contribution is -2.62. The van der Waals surface area contributed by atoms with E-state index in [9.17, 15) is 4.79 Å². The van der Waals surface area contributed by atoms with Crippen molar-refractivity contribution < 1.29 is 14.4 Å². The van der Waals surface area contributed by atoms with E-state index < -0.39 is 11.2 Å². The van der Waals surface area contributed by atoms with Gasteiger partial charge in [-0.25, -0.2) is 0 Å². The minimum atomic E-state index is -0.605. The first-order chi connectivity index (χ1) is 18.1. The zero-order valence-electron chi connectivity index (χ0n) is 25.7. The fourth-order valence-electron chi connectivity index (χ4n) is 6.82. The molecule has 0 saturated carbocycles. The third kappa shape index (κ3) is 6.75. The van der Waals surface area contributed by atoms with E-state index in [2.05, 4.69) is 100 Å². The summed E-state index contributed by atoms with van der Waals surface area (Å²) in [7, 11) is 0. The van der Waals surface area contributed by atoms with Crippen molar-refractivity contribution in [3.05, 3.63) is 71.8 Å². The van der Waals surface area contributed by atoms with E-state index in [-0.39, 0.29) is 34.9 Å². The molecule has 2 aliphatic heterocycles. The van der Waals surface area contributed by atoms with E-state index in [4.69, 9.17) is 9.57 Å². The summed E-state index contributed by atoms with van der Waals surface area (Å²) in [6.45, 7) is 20.8. The normalized spacial score (nSPS) is 25.9. The van der Waals surface area contributed by atoms with Crippen LogP contribution in [-0.4, -0.2) is 44.8 Å². The molecule has 0 amide bonds. The molecule has 2 fully saturated rings. The van der Waals surface area contributed by atoms with Crippen LogP contribution in [0.2, 0.25) is 0 Å². The summed E-state index contributed by atoms with van der Waals surface area (Å²) in [6.07, 6.45) is 3.35. The van der Waals surface area contributed by atoms with Gasteiger partial charge in [0, 0.05) is 36.1 Å². The van der Waals surface area contributed by atoms with E-state index in [1.165, 1.54) is 12.0 Å². The van der Waals surface area contributed by atoms with Gasteiger partial charge in [0.05, 0.1) is 11.5 Å². The molecule has 2 aromatic carbocycles. The zero-order valence-corrected chi connectivity index (χ0v) is 25.7. The summed E-state index contributed by atoms with van der Waals surface area (Å²) < 4.78 is 6.13. The van der Waals surface area contributed by atoms with Gasteiger partial charge in [-0.1, -0.05) is 60.7 Å². The van der Waals surface area contributed by atoms with Crippen LogP contribution >= 0.6 is 0 Å². The minimum absolute atomic E-state index is 0.0743. The second kappa shape index (κ2) is 11.0. The molecule has 5 heteroatoms. The van der Waals surface area contributed by atoms with Crippen LogP contribution < -0.4 is 0 Å². The molecular formula is C34H50N2O3. The second-order valence-electron chi connectivity index (χ2n) is 14.4. The van der Waals surface area contributed by atoms with Crippen molar-refractivity contribution in [1.82, 2.24) is 9.96 Å². The van der Waals surface area contributed by atoms with Crippen molar-refractivity contribution in [1.29, 1.82) is 0 Å². The standard InChI is InChI=1S/C34H50N2O3/c1-31(2,3)38-30(37)28-27(34(8,9)39-36-32(4,5)21-16-22-33(36,6)7)24-35(23-25-17-12-10-13-18-25)29(28)26-19-14-11-15-20-26/h10-15,17-20,27-29H,16,21-24H2,1-9H3/t27-,28-,29+/m1/s1. The Morgan fingerprint density at radius 2 is 1.41 bits per heavy atom. The molecule has 4 rings (SSSR count).